The maximum absolute atomic E-state index is 5.60. The first-order valence-electron chi connectivity index (χ1n) is 5.97. The average Bonchev–Trinajstić information content (AvgIpc) is 2.34. The third kappa shape index (κ3) is 5.18. The van der Waals surface area contributed by atoms with Crippen molar-refractivity contribution < 1.29 is 4.74 Å². The van der Waals surface area contributed by atoms with Crippen molar-refractivity contribution in [3.05, 3.63) is 28.2 Å². The molecular formula is C13H21BrN2OS. The molecule has 18 heavy (non-hydrogen) atoms. The predicted molar refractivity (Wildman–Crippen MR) is 83.1 cm³/mol. The van der Waals surface area contributed by atoms with E-state index < -0.39 is 0 Å². The van der Waals surface area contributed by atoms with Gasteiger partial charge in [0, 0.05) is 11.8 Å². The highest BCUT2D eigenvalue weighted by molar-refractivity contribution is 9.10. The smallest absolute Gasteiger partial charge is 0.133 e. The number of nitrogens with two attached hydrogens (primary N) is 1. The summed E-state index contributed by atoms with van der Waals surface area (Å²) in [6.45, 7) is 4.39. The van der Waals surface area contributed by atoms with Crippen LogP contribution in [0.25, 0.3) is 0 Å². The number of ether oxygens (including phenoxy) is 1. The van der Waals surface area contributed by atoms with Crippen LogP contribution in [0, 0.1) is 0 Å². The molecule has 3 N–H and O–H groups in total. The molecule has 0 aliphatic carbocycles. The van der Waals surface area contributed by atoms with E-state index >= 15 is 0 Å². The van der Waals surface area contributed by atoms with Crippen molar-refractivity contribution in [2.75, 3.05) is 12.9 Å². The van der Waals surface area contributed by atoms with Gasteiger partial charge in [0.05, 0.1) is 11.6 Å². The fraction of sp³-hybridized carbons (Fsp3) is 0.538. The summed E-state index contributed by atoms with van der Waals surface area (Å²) in [5.41, 5.74) is 4.13. The number of methoxy groups -OCH3 is 1. The molecule has 0 radical (unpaired) electrons. The van der Waals surface area contributed by atoms with Gasteiger partial charge < -0.3 is 4.74 Å². The van der Waals surface area contributed by atoms with Gasteiger partial charge in [0.15, 0.2) is 0 Å². The zero-order valence-electron chi connectivity index (χ0n) is 11.1. The Morgan fingerprint density at radius 1 is 1.44 bits per heavy atom. The molecule has 0 saturated heterocycles. The van der Waals surface area contributed by atoms with Crippen LogP contribution in [-0.4, -0.2) is 24.2 Å². The van der Waals surface area contributed by atoms with Gasteiger partial charge in [-0.2, -0.15) is 11.8 Å². The molecule has 3 nitrogen and oxygen atoms in total. The van der Waals surface area contributed by atoms with Crippen LogP contribution < -0.4 is 16.0 Å². The summed E-state index contributed by atoms with van der Waals surface area (Å²) < 4.78 is 6.20. The predicted octanol–water partition coefficient (Wildman–Crippen LogP) is 2.97. The van der Waals surface area contributed by atoms with Crippen molar-refractivity contribution in [2.24, 2.45) is 5.84 Å². The van der Waals surface area contributed by atoms with E-state index in [-0.39, 0.29) is 6.04 Å². The minimum absolute atomic E-state index is 0.290. The summed E-state index contributed by atoms with van der Waals surface area (Å²) in [5, 5.41) is 0.628. The Morgan fingerprint density at radius 2 is 2.17 bits per heavy atom. The highest BCUT2D eigenvalue weighted by Gasteiger charge is 2.10. The van der Waals surface area contributed by atoms with Crippen LogP contribution in [0.1, 0.15) is 19.4 Å². The number of hydrazine groups is 1. The number of benzene rings is 1. The van der Waals surface area contributed by atoms with Crippen molar-refractivity contribution in [1.29, 1.82) is 0 Å². The maximum Gasteiger partial charge on any atom is 0.133 e. The minimum Gasteiger partial charge on any atom is -0.496 e. The standard InChI is InChI=1S/C13H21BrN2OS/c1-9(2)18-8-11(16-15)6-10-4-5-13(17-3)12(14)7-10/h4-5,7,9,11,16H,6,8,15H2,1-3H3. The molecule has 102 valence electrons. The van der Waals surface area contributed by atoms with Crippen molar-refractivity contribution >= 4 is 27.7 Å². The number of thioether (sulfide) groups is 1. The lowest BCUT2D eigenvalue weighted by Gasteiger charge is -2.17. The molecule has 1 atom stereocenters. The first-order valence-corrected chi connectivity index (χ1v) is 7.81. The second-order valence-corrected chi connectivity index (χ2v) is 6.88. The van der Waals surface area contributed by atoms with E-state index in [4.69, 9.17) is 10.6 Å². The molecule has 0 saturated carbocycles. The van der Waals surface area contributed by atoms with Crippen LogP contribution in [0.4, 0.5) is 0 Å². The third-order valence-electron chi connectivity index (χ3n) is 2.56. The Hall–Kier alpha value is -0.230. The first-order chi connectivity index (χ1) is 8.56. The molecule has 0 spiro atoms. The summed E-state index contributed by atoms with van der Waals surface area (Å²) in [5.74, 6) is 7.47. The quantitative estimate of drug-likeness (QED) is 0.595. The molecule has 0 bridgehead atoms. The number of hydrogen-bond acceptors (Lipinski definition) is 4. The van der Waals surface area contributed by atoms with Gasteiger partial charge in [0.2, 0.25) is 0 Å². The van der Waals surface area contributed by atoms with Crippen LogP contribution >= 0.6 is 27.7 Å². The fourth-order valence-corrected chi connectivity index (χ4v) is 3.02. The average molecular weight is 333 g/mol. The molecule has 0 aromatic heterocycles. The lowest BCUT2D eigenvalue weighted by molar-refractivity contribution is 0.412. The largest absolute Gasteiger partial charge is 0.496 e. The van der Waals surface area contributed by atoms with Crippen LogP contribution in [-0.2, 0) is 6.42 Å². The summed E-state index contributed by atoms with van der Waals surface area (Å²) >= 11 is 5.42. The first kappa shape index (κ1) is 15.8. The SMILES string of the molecule is COc1ccc(CC(CSC(C)C)NN)cc1Br. The molecular weight excluding hydrogens is 312 g/mol. The topological polar surface area (TPSA) is 47.3 Å². The van der Waals surface area contributed by atoms with E-state index in [0.29, 0.717) is 5.25 Å². The number of rotatable bonds is 7. The second-order valence-electron chi connectivity index (χ2n) is 4.42. The highest BCUT2D eigenvalue weighted by Crippen LogP contribution is 2.26. The molecule has 5 heteroatoms. The fourth-order valence-electron chi connectivity index (χ4n) is 1.60. The van der Waals surface area contributed by atoms with Gasteiger partial charge in [0.1, 0.15) is 5.75 Å². The van der Waals surface area contributed by atoms with Gasteiger partial charge in [-0.1, -0.05) is 19.9 Å². The van der Waals surface area contributed by atoms with Gasteiger partial charge in [-0.3, -0.25) is 11.3 Å². The molecule has 0 fully saturated rings. The molecule has 0 amide bonds. The van der Waals surface area contributed by atoms with Gasteiger partial charge in [-0.05, 0) is 45.3 Å². The van der Waals surface area contributed by atoms with Crippen LogP contribution in [0.5, 0.6) is 5.75 Å². The molecule has 1 aromatic carbocycles. The molecule has 0 aliphatic rings. The molecule has 1 rings (SSSR count). The van der Waals surface area contributed by atoms with E-state index in [2.05, 4.69) is 47.3 Å². The minimum atomic E-state index is 0.290. The Balaban J connectivity index is 2.61. The van der Waals surface area contributed by atoms with Crippen molar-refractivity contribution in [1.82, 2.24) is 5.43 Å². The maximum atomic E-state index is 5.60. The van der Waals surface area contributed by atoms with Crippen molar-refractivity contribution in [3.63, 3.8) is 0 Å². The van der Waals surface area contributed by atoms with Gasteiger partial charge in [-0.25, -0.2) is 0 Å². The summed E-state index contributed by atoms with van der Waals surface area (Å²) in [6, 6.07) is 6.43. The van der Waals surface area contributed by atoms with Crippen LogP contribution in [0.2, 0.25) is 0 Å². The molecule has 1 unspecified atom stereocenters. The van der Waals surface area contributed by atoms with Crippen LogP contribution in [0.3, 0.4) is 0 Å². The third-order valence-corrected chi connectivity index (χ3v) is 4.45. The Bertz CT molecular complexity index is 374. The molecule has 0 heterocycles. The van der Waals surface area contributed by atoms with Crippen molar-refractivity contribution in [2.45, 2.75) is 31.6 Å². The lowest BCUT2D eigenvalue weighted by atomic mass is 10.1. The van der Waals surface area contributed by atoms with Gasteiger partial charge in [-0.15, -0.1) is 0 Å². The molecule has 0 aliphatic heterocycles. The van der Waals surface area contributed by atoms with E-state index in [0.717, 1.165) is 22.4 Å². The number of nitrogens with one attached hydrogen (secondary N) is 1. The Kier molecular flexibility index (Phi) is 7.07. The Labute approximate surface area is 122 Å². The summed E-state index contributed by atoms with van der Waals surface area (Å²) in [6.07, 6.45) is 0.915. The zero-order chi connectivity index (χ0) is 13.5. The summed E-state index contributed by atoms with van der Waals surface area (Å²) in [4.78, 5) is 0. The van der Waals surface area contributed by atoms with E-state index in [1.165, 1.54) is 5.56 Å². The summed E-state index contributed by atoms with van der Waals surface area (Å²) in [7, 11) is 1.67. The number of halogens is 1. The van der Waals surface area contributed by atoms with Gasteiger partial charge >= 0.3 is 0 Å². The molecule has 1 aromatic rings. The lowest BCUT2D eigenvalue weighted by Crippen LogP contribution is -2.39. The van der Waals surface area contributed by atoms with E-state index in [1.807, 2.05) is 17.8 Å². The normalized spacial score (nSPS) is 12.8. The van der Waals surface area contributed by atoms with Crippen molar-refractivity contribution in [3.8, 4) is 5.75 Å². The highest BCUT2D eigenvalue weighted by atomic mass is 79.9. The van der Waals surface area contributed by atoms with E-state index in [9.17, 15) is 0 Å². The van der Waals surface area contributed by atoms with Gasteiger partial charge in [0.25, 0.3) is 0 Å². The monoisotopic (exact) mass is 332 g/mol. The Morgan fingerprint density at radius 3 is 2.67 bits per heavy atom. The number of hydrogen-bond donors (Lipinski definition) is 2. The van der Waals surface area contributed by atoms with Crippen LogP contribution in [0.15, 0.2) is 22.7 Å². The zero-order valence-corrected chi connectivity index (χ0v) is 13.5. The van der Waals surface area contributed by atoms with E-state index in [1.54, 1.807) is 7.11 Å². The second kappa shape index (κ2) is 8.04.